The monoisotopic (exact) mass is 309 g/mol. The summed E-state index contributed by atoms with van der Waals surface area (Å²) in [5.41, 5.74) is 2.33. The average Bonchev–Trinajstić information content (AvgIpc) is 2.43. The summed E-state index contributed by atoms with van der Waals surface area (Å²) in [5.74, 6) is 1.51. The third-order valence-electron chi connectivity index (χ3n) is 2.94. The van der Waals surface area contributed by atoms with Gasteiger partial charge in [0.2, 0.25) is 0 Å². The van der Waals surface area contributed by atoms with Crippen LogP contribution in [0.3, 0.4) is 0 Å². The number of aryl methyl sites for hydroxylation is 1. The van der Waals surface area contributed by atoms with Gasteiger partial charge in [0, 0.05) is 12.6 Å². The van der Waals surface area contributed by atoms with E-state index in [1.807, 2.05) is 13.0 Å². The van der Waals surface area contributed by atoms with Gasteiger partial charge in [-0.3, -0.25) is 0 Å². The number of nitrogens with one attached hydrogen (secondary N) is 1. The lowest BCUT2D eigenvalue weighted by atomic mass is 10.1. The van der Waals surface area contributed by atoms with Gasteiger partial charge >= 0.3 is 0 Å². The van der Waals surface area contributed by atoms with E-state index in [4.69, 9.17) is 27.9 Å². The van der Waals surface area contributed by atoms with Crippen molar-refractivity contribution >= 4 is 23.2 Å². The molecule has 0 aliphatic heterocycles. The second kappa shape index (κ2) is 6.98. The molecule has 2 aromatic rings. The molecule has 0 aromatic heterocycles. The molecule has 0 heterocycles. The van der Waals surface area contributed by atoms with Gasteiger partial charge in [-0.1, -0.05) is 42.3 Å². The van der Waals surface area contributed by atoms with Crippen LogP contribution in [0.5, 0.6) is 11.5 Å². The highest BCUT2D eigenvalue weighted by Crippen LogP contribution is 2.31. The van der Waals surface area contributed by atoms with Crippen molar-refractivity contribution in [1.29, 1.82) is 0 Å². The molecule has 2 nitrogen and oxygen atoms in total. The number of hydrogen-bond acceptors (Lipinski definition) is 2. The molecule has 0 bridgehead atoms. The lowest BCUT2D eigenvalue weighted by Crippen LogP contribution is -2.11. The summed E-state index contributed by atoms with van der Waals surface area (Å²) in [6.07, 6.45) is 0. The first kappa shape index (κ1) is 15.2. The predicted octanol–water partition coefficient (Wildman–Crippen LogP) is 5.20. The highest BCUT2D eigenvalue weighted by Gasteiger charge is 2.05. The SMILES string of the molecule is CCNCc1ccc(Oc2ccc(Cl)c(Cl)c2)c(C)c1. The summed E-state index contributed by atoms with van der Waals surface area (Å²) >= 11 is 11.9. The molecule has 0 saturated carbocycles. The second-order valence-corrected chi connectivity index (χ2v) is 5.37. The van der Waals surface area contributed by atoms with E-state index in [0.29, 0.717) is 15.8 Å². The van der Waals surface area contributed by atoms with Crippen molar-refractivity contribution in [3.63, 3.8) is 0 Å². The quantitative estimate of drug-likeness (QED) is 0.819. The van der Waals surface area contributed by atoms with Gasteiger partial charge in [-0.15, -0.1) is 0 Å². The first-order valence-corrected chi connectivity index (χ1v) is 7.29. The highest BCUT2D eigenvalue weighted by atomic mass is 35.5. The van der Waals surface area contributed by atoms with Crippen LogP contribution < -0.4 is 10.1 Å². The van der Waals surface area contributed by atoms with Crippen LogP contribution in [0.4, 0.5) is 0 Å². The van der Waals surface area contributed by atoms with Gasteiger partial charge in [0.1, 0.15) is 11.5 Å². The van der Waals surface area contributed by atoms with Crippen LogP contribution in [0, 0.1) is 6.92 Å². The van der Waals surface area contributed by atoms with Gasteiger partial charge in [-0.25, -0.2) is 0 Å². The van der Waals surface area contributed by atoms with E-state index in [0.717, 1.165) is 24.4 Å². The molecule has 0 unspecified atom stereocenters. The van der Waals surface area contributed by atoms with Crippen LogP contribution in [0.15, 0.2) is 36.4 Å². The van der Waals surface area contributed by atoms with Crippen LogP contribution >= 0.6 is 23.2 Å². The van der Waals surface area contributed by atoms with Gasteiger partial charge in [0.05, 0.1) is 10.0 Å². The van der Waals surface area contributed by atoms with Crippen LogP contribution in [-0.4, -0.2) is 6.54 Å². The Hall–Kier alpha value is -1.22. The predicted molar refractivity (Wildman–Crippen MR) is 85.1 cm³/mol. The van der Waals surface area contributed by atoms with E-state index in [1.54, 1.807) is 18.2 Å². The fraction of sp³-hybridized carbons (Fsp3) is 0.250. The molecule has 2 aromatic carbocycles. The average molecular weight is 310 g/mol. The Labute approximate surface area is 129 Å². The summed E-state index contributed by atoms with van der Waals surface area (Å²) in [4.78, 5) is 0. The molecule has 0 aliphatic rings. The Balaban J connectivity index is 2.14. The zero-order chi connectivity index (χ0) is 14.5. The molecule has 4 heteroatoms. The van der Waals surface area contributed by atoms with Gasteiger partial charge in [-0.2, -0.15) is 0 Å². The van der Waals surface area contributed by atoms with Crippen molar-refractivity contribution in [2.75, 3.05) is 6.54 Å². The molecule has 0 spiro atoms. The standard InChI is InChI=1S/C16H17Cl2NO/c1-3-19-10-12-4-7-16(11(2)8-12)20-13-5-6-14(17)15(18)9-13/h4-9,19H,3,10H2,1-2H3. The minimum atomic E-state index is 0.491. The van der Waals surface area contributed by atoms with Gasteiger partial charge < -0.3 is 10.1 Å². The van der Waals surface area contributed by atoms with Gasteiger partial charge in [0.15, 0.2) is 0 Å². The zero-order valence-corrected chi connectivity index (χ0v) is 13.1. The van der Waals surface area contributed by atoms with E-state index in [2.05, 4.69) is 24.4 Å². The molecule has 0 atom stereocenters. The lowest BCUT2D eigenvalue weighted by molar-refractivity contribution is 0.478. The first-order chi connectivity index (χ1) is 9.60. The third-order valence-corrected chi connectivity index (χ3v) is 3.68. The molecule has 1 N–H and O–H groups in total. The first-order valence-electron chi connectivity index (χ1n) is 6.53. The molecule has 0 radical (unpaired) electrons. The van der Waals surface area contributed by atoms with E-state index in [9.17, 15) is 0 Å². The maximum absolute atomic E-state index is 5.98. The topological polar surface area (TPSA) is 21.3 Å². The summed E-state index contributed by atoms with van der Waals surface area (Å²) in [7, 11) is 0. The minimum Gasteiger partial charge on any atom is -0.457 e. The smallest absolute Gasteiger partial charge is 0.130 e. The van der Waals surface area contributed by atoms with Gasteiger partial charge in [0.25, 0.3) is 0 Å². The molecule has 0 aliphatic carbocycles. The van der Waals surface area contributed by atoms with Crippen molar-refractivity contribution in [2.24, 2.45) is 0 Å². The summed E-state index contributed by atoms with van der Waals surface area (Å²) in [6, 6.07) is 11.4. The van der Waals surface area contributed by atoms with Crippen LogP contribution in [0.1, 0.15) is 18.1 Å². The molecule has 0 amide bonds. The van der Waals surface area contributed by atoms with Gasteiger partial charge in [-0.05, 0) is 42.8 Å². The van der Waals surface area contributed by atoms with Crippen LogP contribution in [0.2, 0.25) is 10.0 Å². The number of rotatable bonds is 5. The molecule has 106 valence electrons. The van der Waals surface area contributed by atoms with Crippen molar-refractivity contribution in [3.8, 4) is 11.5 Å². The fourth-order valence-corrected chi connectivity index (χ4v) is 2.16. The second-order valence-electron chi connectivity index (χ2n) is 4.56. The third kappa shape index (κ3) is 3.89. The van der Waals surface area contributed by atoms with E-state index in [-0.39, 0.29) is 0 Å². The Morgan fingerprint density at radius 3 is 2.50 bits per heavy atom. The molecule has 2 rings (SSSR count). The highest BCUT2D eigenvalue weighted by molar-refractivity contribution is 6.42. The lowest BCUT2D eigenvalue weighted by Gasteiger charge is -2.11. The van der Waals surface area contributed by atoms with Crippen molar-refractivity contribution in [2.45, 2.75) is 20.4 Å². The van der Waals surface area contributed by atoms with Crippen molar-refractivity contribution in [3.05, 3.63) is 57.6 Å². The van der Waals surface area contributed by atoms with E-state index in [1.165, 1.54) is 5.56 Å². The summed E-state index contributed by atoms with van der Waals surface area (Å²) in [5, 5.41) is 4.32. The van der Waals surface area contributed by atoms with Crippen molar-refractivity contribution < 1.29 is 4.74 Å². The van der Waals surface area contributed by atoms with Crippen molar-refractivity contribution in [1.82, 2.24) is 5.32 Å². The fourth-order valence-electron chi connectivity index (χ4n) is 1.87. The van der Waals surface area contributed by atoms with Crippen LogP contribution in [0.25, 0.3) is 0 Å². The summed E-state index contributed by atoms with van der Waals surface area (Å²) < 4.78 is 5.84. The molecule has 0 saturated heterocycles. The number of hydrogen-bond donors (Lipinski definition) is 1. The largest absolute Gasteiger partial charge is 0.457 e. The Morgan fingerprint density at radius 2 is 1.85 bits per heavy atom. The molecular weight excluding hydrogens is 293 g/mol. The Bertz CT molecular complexity index is 599. The summed E-state index contributed by atoms with van der Waals surface area (Å²) in [6.45, 7) is 5.95. The maximum Gasteiger partial charge on any atom is 0.130 e. The number of ether oxygens (including phenoxy) is 1. The minimum absolute atomic E-state index is 0.491. The molecule has 0 fully saturated rings. The Morgan fingerprint density at radius 1 is 1.05 bits per heavy atom. The normalized spacial score (nSPS) is 10.6. The van der Waals surface area contributed by atoms with E-state index < -0.39 is 0 Å². The number of benzene rings is 2. The molecule has 20 heavy (non-hydrogen) atoms. The Kier molecular flexibility index (Phi) is 5.30. The van der Waals surface area contributed by atoms with Crippen LogP contribution in [-0.2, 0) is 6.54 Å². The maximum atomic E-state index is 5.98. The van der Waals surface area contributed by atoms with E-state index >= 15 is 0 Å². The number of halogens is 2. The molecular formula is C16H17Cl2NO. The zero-order valence-electron chi connectivity index (χ0n) is 11.5.